The maximum Gasteiger partial charge on any atom is 0.321 e. The third kappa shape index (κ3) is 5.37. The lowest BCUT2D eigenvalue weighted by Gasteiger charge is -2.22. The zero-order valence-electron chi connectivity index (χ0n) is 11.9. The maximum absolute atomic E-state index is 12.1. The molecule has 0 spiro atoms. The largest absolute Gasteiger partial charge is 0.325 e. The molecule has 1 rings (SSSR count). The van der Waals surface area contributed by atoms with Gasteiger partial charge >= 0.3 is 6.03 Å². The molecule has 0 radical (unpaired) electrons. The van der Waals surface area contributed by atoms with Crippen LogP contribution in [-0.4, -0.2) is 32.4 Å². The molecule has 0 saturated heterocycles. The second-order valence-electron chi connectivity index (χ2n) is 4.50. The molecule has 0 atom stereocenters. The molecule has 1 aromatic carbocycles. The molecule has 0 heterocycles. The Morgan fingerprint density at radius 1 is 1.24 bits per heavy atom. The van der Waals surface area contributed by atoms with Crippen molar-refractivity contribution in [2.75, 3.05) is 18.4 Å². The topological polar surface area (TPSA) is 66.5 Å². The van der Waals surface area contributed by atoms with Crippen molar-refractivity contribution in [2.45, 2.75) is 31.6 Å². The molecule has 0 aliphatic carbocycles. The standard InChI is InChI=1S/C13H18Cl2N2O3S/c1-3-7-17(8-4-2)13(18)16-10-5-6-12(11(14)9-10)21(15,19)20/h5-6,9H,3-4,7-8H2,1-2H3,(H,16,18). The predicted octanol–water partition coefficient (Wildman–Crippen LogP) is 3.92. The molecule has 0 aromatic heterocycles. The summed E-state index contributed by atoms with van der Waals surface area (Å²) in [5.74, 6) is 0. The van der Waals surface area contributed by atoms with Gasteiger partial charge in [0, 0.05) is 29.5 Å². The minimum Gasteiger partial charge on any atom is -0.325 e. The minimum atomic E-state index is -3.90. The molecular weight excluding hydrogens is 335 g/mol. The Balaban J connectivity index is 2.88. The van der Waals surface area contributed by atoms with E-state index in [1.54, 1.807) is 4.90 Å². The number of urea groups is 1. The monoisotopic (exact) mass is 352 g/mol. The van der Waals surface area contributed by atoms with Crippen LogP contribution < -0.4 is 5.32 Å². The fourth-order valence-electron chi connectivity index (χ4n) is 1.83. The minimum absolute atomic E-state index is 0.0275. The predicted molar refractivity (Wildman–Crippen MR) is 85.7 cm³/mol. The summed E-state index contributed by atoms with van der Waals surface area (Å²) in [6.07, 6.45) is 1.72. The molecule has 0 saturated carbocycles. The molecule has 8 heteroatoms. The fraction of sp³-hybridized carbons (Fsp3) is 0.462. The molecule has 118 valence electrons. The third-order valence-corrected chi connectivity index (χ3v) is 4.52. The Morgan fingerprint density at radius 2 is 1.81 bits per heavy atom. The highest BCUT2D eigenvalue weighted by Gasteiger charge is 2.16. The number of rotatable bonds is 6. The second kappa shape index (κ2) is 7.87. The van der Waals surface area contributed by atoms with Crippen LogP contribution in [0.1, 0.15) is 26.7 Å². The van der Waals surface area contributed by atoms with Gasteiger partial charge in [-0.2, -0.15) is 0 Å². The van der Waals surface area contributed by atoms with Gasteiger partial charge in [-0.25, -0.2) is 13.2 Å². The number of hydrogen-bond acceptors (Lipinski definition) is 3. The fourth-order valence-corrected chi connectivity index (χ4v) is 3.36. The first-order valence-electron chi connectivity index (χ1n) is 6.59. The van der Waals surface area contributed by atoms with Crippen LogP contribution in [0.5, 0.6) is 0 Å². The number of hydrogen-bond donors (Lipinski definition) is 1. The number of carbonyl (C=O) groups is 1. The van der Waals surface area contributed by atoms with Crippen LogP contribution in [0.4, 0.5) is 10.5 Å². The van der Waals surface area contributed by atoms with Crippen LogP contribution in [0.2, 0.25) is 5.02 Å². The van der Waals surface area contributed by atoms with Crippen LogP contribution in [0, 0.1) is 0 Å². The van der Waals surface area contributed by atoms with E-state index in [-0.39, 0.29) is 15.9 Å². The molecule has 0 unspecified atom stereocenters. The second-order valence-corrected chi connectivity index (χ2v) is 7.44. The van der Waals surface area contributed by atoms with Crippen molar-refractivity contribution in [3.8, 4) is 0 Å². The average molecular weight is 353 g/mol. The zero-order chi connectivity index (χ0) is 16.0. The molecule has 5 nitrogen and oxygen atoms in total. The molecule has 0 aliphatic rings. The third-order valence-electron chi connectivity index (χ3n) is 2.72. The van der Waals surface area contributed by atoms with Crippen molar-refractivity contribution < 1.29 is 13.2 Å². The SMILES string of the molecule is CCCN(CCC)C(=O)Nc1ccc(S(=O)(=O)Cl)c(Cl)c1. The van der Waals surface area contributed by atoms with Gasteiger partial charge in [0.15, 0.2) is 0 Å². The van der Waals surface area contributed by atoms with Gasteiger partial charge in [0.2, 0.25) is 0 Å². The molecule has 1 aromatic rings. The summed E-state index contributed by atoms with van der Waals surface area (Å²) in [5.41, 5.74) is 0.422. The van der Waals surface area contributed by atoms with Gasteiger partial charge in [-0.05, 0) is 31.0 Å². The Kier molecular flexibility index (Phi) is 6.77. The molecule has 0 bridgehead atoms. The van der Waals surface area contributed by atoms with Crippen molar-refractivity contribution in [3.05, 3.63) is 23.2 Å². The normalized spacial score (nSPS) is 11.2. The average Bonchev–Trinajstić information content (AvgIpc) is 2.37. The summed E-state index contributed by atoms with van der Waals surface area (Å²) >= 11 is 5.87. The van der Waals surface area contributed by atoms with E-state index in [9.17, 15) is 13.2 Å². The summed E-state index contributed by atoms with van der Waals surface area (Å²) in [6.45, 7) is 5.29. The van der Waals surface area contributed by atoms with E-state index >= 15 is 0 Å². The van der Waals surface area contributed by atoms with Gasteiger partial charge in [-0.3, -0.25) is 0 Å². The van der Waals surface area contributed by atoms with Crippen LogP contribution >= 0.6 is 22.3 Å². The highest BCUT2D eigenvalue weighted by atomic mass is 35.7. The molecular formula is C13H18Cl2N2O3S. The van der Waals surface area contributed by atoms with Gasteiger partial charge < -0.3 is 10.2 Å². The number of anilines is 1. The van der Waals surface area contributed by atoms with Gasteiger partial charge in [0.1, 0.15) is 4.90 Å². The highest BCUT2D eigenvalue weighted by molar-refractivity contribution is 8.13. The Bertz CT molecular complexity index is 599. The number of nitrogens with one attached hydrogen (secondary N) is 1. The summed E-state index contributed by atoms with van der Waals surface area (Å²) in [4.78, 5) is 13.6. The van der Waals surface area contributed by atoms with Crippen molar-refractivity contribution in [3.63, 3.8) is 0 Å². The molecule has 21 heavy (non-hydrogen) atoms. The Labute approximate surface area is 134 Å². The number of nitrogens with zero attached hydrogens (tertiary/aromatic N) is 1. The maximum atomic E-state index is 12.1. The first-order valence-corrected chi connectivity index (χ1v) is 9.28. The van der Waals surface area contributed by atoms with E-state index in [1.165, 1.54) is 18.2 Å². The van der Waals surface area contributed by atoms with Crippen LogP contribution in [-0.2, 0) is 9.05 Å². The van der Waals surface area contributed by atoms with Gasteiger partial charge in [-0.1, -0.05) is 25.4 Å². The van der Waals surface area contributed by atoms with Crippen molar-refractivity contribution >= 4 is 43.1 Å². The number of carbonyl (C=O) groups excluding carboxylic acids is 1. The molecule has 1 N–H and O–H groups in total. The van der Waals surface area contributed by atoms with Crippen molar-refractivity contribution in [1.29, 1.82) is 0 Å². The lowest BCUT2D eigenvalue weighted by molar-refractivity contribution is 0.211. The quantitative estimate of drug-likeness (QED) is 0.788. The summed E-state index contributed by atoms with van der Waals surface area (Å²) in [5, 5.41) is 2.67. The molecule has 2 amide bonds. The summed E-state index contributed by atoms with van der Waals surface area (Å²) in [7, 11) is 1.35. The zero-order valence-corrected chi connectivity index (χ0v) is 14.2. The van der Waals surface area contributed by atoms with Gasteiger partial charge in [0.25, 0.3) is 9.05 Å². The first-order chi connectivity index (χ1) is 9.79. The van der Waals surface area contributed by atoms with Gasteiger partial charge in [0.05, 0.1) is 5.02 Å². The Morgan fingerprint density at radius 3 is 2.24 bits per heavy atom. The van der Waals surface area contributed by atoms with E-state index in [4.69, 9.17) is 22.3 Å². The van der Waals surface area contributed by atoms with E-state index in [0.29, 0.717) is 18.8 Å². The van der Waals surface area contributed by atoms with E-state index in [2.05, 4.69) is 5.32 Å². The summed E-state index contributed by atoms with van der Waals surface area (Å²) < 4.78 is 22.5. The van der Waals surface area contributed by atoms with Crippen LogP contribution in [0.25, 0.3) is 0 Å². The van der Waals surface area contributed by atoms with E-state index < -0.39 is 9.05 Å². The smallest absolute Gasteiger partial charge is 0.321 e. The number of amides is 2. The Hall–Kier alpha value is -0.980. The lowest BCUT2D eigenvalue weighted by Crippen LogP contribution is -2.36. The first kappa shape index (κ1) is 18.1. The molecule has 0 aliphatic heterocycles. The van der Waals surface area contributed by atoms with Crippen LogP contribution in [0.15, 0.2) is 23.1 Å². The van der Waals surface area contributed by atoms with E-state index in [1.807, 2.05) is 13.8 Å². The van der Waals surface area contributed by atoms with Crippen LogP contribution in [0.3, 0.4) is 0 Å². The van der Waals surface area contributed by atoms with E-state index in [0.717, 1.165) is 12.8 Å². The van der Waals surface area contributed by atoms with Crippen molar-refractivity contribution in [2.24, 2.45) is 0 Å². The highest BCUT2D eigenvalue weighted by Crippen LogP contribution is 2.27. The molecule has 0 fully saturated rings. The lowest BCUT2D eigenvalue weighted by atomic mass is 10.3. The summed E-state index contributed by atoms with van der Waals surface area (Å²) in [6, 6.07) is 3.85. The number of benzene rings is 1. The number of halogens is 2. The van der Waals surface area contributed by atoms with Gasteiger partial charge in [-0.15, -0.1) is 0 Å². The van der Waals surface area contributed by atoms with Crippen molar-refractivity contribution in [1.82, 2.24) is 4.90 Å².